The van der Waals surface area contributed by atoms with Gasteiger partial charge in [-0.3, -0.25) is 0 Å². The molecular weight excluding hydrogens is 329 g/mol. The third-order valence-electron chi connectivity index (χ3n) is 4.37. The van der Waals surface area contributed by atoms with Crippen LogP contribution < -0.4 is 11.1 Å². The van der Waals surface area contributed by atoms with Crippen LogP contribution in [0.15, 0.2) is 41.4 Å². The van der Waals surface area contributed by atoms with E-state index in [1.807, 2.05) is 12.1 Å². The second kappa shape index (κ2) is 5.32. The van der Waals surface area contributed by atoms with Gasteiger partial charge in [0.25, 0.3) is 0 Å². The summed E-state index contributed by atoms with van der Waals surface area (Å²) >= 11 is 0. The number of nitrogens with one attached hydrogen (secondary N) is 2. The highest BCUT2D eigenvalue weighted by Crippen LogP contribution is 2.43. The number of hydrogen-bond donors (Lipinski definition) is 3. The second-order valence-electron chi connectivity index (χ2n) is 5.79. The van der Waals surface area contributed by atoms with Crippen LogP contribution in [0, 0.1) is 5.82 Å². The van der Waals surface area contributed by atoms with Crippen LogP contribution in [-0.4, -0.2) is 25.7 Å². The molecular formula is C17H16FN3O2S. The summed E-state index contributed by atoms with van der Waals surface area (Å²) in [7, 11) is -3.69. The summed E-state index contributed by atoms with van der Waals surface area (Å²) in [4.78, 5) is 3.10. The van der Waals surface area contributed by atoms with Crippen LogP contribution in [0.5, 0.6) is 0 Å². The summed E-state index contributed by atoms with van der Waals surface area (Å²) < 4.78 is 39.9. The smallest absolute Gasteiger partial charge is 0.180 e. The molecule has 0 bridgehead atoms. The Morgan fingerprint density at radius 1 is 1.21 bits per heavy atom. The van der Waals surface area contributed by atoms with Gasteiger partial charge in [0.1, 0.15) is 5.82 Å². The summed E-state index contributed by atoms with van der Waals surface area (Å²) in [5.74, 6) is -0.754. The Balaban J connectivity index is 2.16. The van der Waals surface area contributed by atoms with E-state index in [-0.39, 0.29) is 22.6 Å². The Kier molecular flexibility index (Phi) is 3.36. The molecule has 0 radical (unpaired) electrons. The molecule has 2 aromatic carbocycles. The highest BCUT2D eigenvalue weighted by Gasteiger charge is 2.28. The number of aromatic amines is 1. The van der Waals surface area contributed by atoms with Crippen molar-refractivity contribution < 1.29 is 12.8 Å². The number of nitrogens with two attached hydrogens (primary N) is 1. The molecule has 3 aromatic rings. The Labute approximate surface area is 138 Å². The van der Waals surface area contributed by atoms with Crippen LogP contribution in [0.25, 0.3) is 22.0 Å². The Bertz CT molecular complexity index is 1040. The first-order valence-corrected chi connectivity index (χ1v) is 9.26. The van der Waals surface area contributed by atoms with E-state index in [2.05, 4.69) is 10.3 Å². The molecule has 0 fully saturated rings. The predicted octanol–water partition coefficient (Wildman–Crippen LogP) is 2.63. The first kappa shape index (κ1) is 15.2. The fourth-order valence-corrected chi connectivity index (χ4v) is 4.66. The van der Waals surface area contributed by atoms with Gasteiger partial charge in [0.05, 0.1) is 10.6 Å². The SMILES string of the molecule is NCCS(=O)(=O)c1cc(-c2ccc[nH]2)c2c3c(ccc(F)c13)NC2. The molecule has 1 aliphatic heterocycles. The highest BCUT2D eigenvalue weighted by molar-refractivity contribution is 7.91. The average molecular weight is 345 g/mol. The van der Waals surface area contributed by atoms with Crippen molar-refractivity contribution in [2.75, 3.05) is 17.6 Å². The van der Waals surface area contributed by atoms with Crippen molar-refractivity contribution in [3.63, 3.8) is 0 Å². The first-order chi connectivity index (χ1) is 11.5. The van der Waals surface area contributed by atoms with Crippen LogP contribution >= 0.6 is 0 Å². The topological polar surface area (TPSA) is 88.0 Å². The maximum Gasteiger partial charge on any atom is 0.180 e. The molecule has 1 aromatic heterocycles. The van der Waals surface area contributed by atoms with E-state index in [9.17, 15) is 12.8 Å². The van der Waals surface area contributed by atoms with Crippen LogP contribution in [0.4, 0.5) is 10.1 Å². The molecule has 24 heavy (non-hydrogen) atoms. The normalized spacial score (nSPS) is 13.4. The van der Waals surface area contributed by atoms with Gasteiger partial charge in [-0.25, -0.2) is 12.8 Å². The van der Waals surface area contributed by atoms with E-state index in [0.29, 0.717) is 11.9 Å². The van der Waals surface area contributed by atoms with Gasteiger partial charge in [0, 0.05) is 47.0 Å². The van der Waals surface area contributed by atoms with Crippen LogP contribution in [0.2, 0.25) is 0 Å². The number of aromatic nitrogens is 1. The van der Waals surface area contributed by atoms with Crippen LogP contribution in [0.3, 0.4) is 0 Å². The lowest BCUT2D eigenvalue weighted by Crippen LogP contribution is -2.16. The van der Waals surface area contributed by atoms with Crippen molar-refractivity contribution in [3.05, 3.63) is 47.9 Å². The Morgan fingerprint density at radius 2 is 2.04 bits per heavy atom. The van der Waals surface area contributed by atoms with Gasteiger partial charge in [-0.2, -0.15) is 0 Å². The van der Waals surface area contributed by atoms with Gasteiger partial charge in [-0.15, -0.1) is 0 Å². The molecule has 4 rings (SSSR count). The van der Waals surface area contributed by atoms with Crippen LogP contribution in [-0.2, 0) is 16.4 Å². The number of hydrogen-bond acceptors (Lipinski definition) is 4. The summed E-state index contributed by atoms with van der Waals surface area (Å²) in [6.45, 7) is 0.518. The van der Waals surface area contributed by atoms with Crippen LogP contribution in [0.1, 0.15) is 5.56 Å². The van der Waals surface area contributed by atoms with Gasteiger partial charge in [0.15, 0.2) is 9.84 Å². The molecule has 0 aliphatic carbocycles. The van der Waals surface area contributed by atoms with E-state index >= 15 is 0 Å². The third kappa shape index (κ3) is 2.12. The summed E-state index contributed by atoms with van der Waals surface area (Å²) in [5.41, 5.74) is 8.66. The van der Waals surface area contributed by atoms with Crippen molar-refractivity contribution >= 4 is 26.3 Å². The fraction of sp³-hybridized carbons (Fsp3) is 0.176. The maximum absolute atomic E-state index is 14.5. The highest BCUT2D eigenvalue weighted by atomic mass is 32.2. The minimum atomic E-state index is -3.69. The third-order valence-corrected chi connectivity index (χ3v) is 6.13. The molecule has 5 nitrogen and oxygen atoms in total. The van der Waals surface area contributed by atoms with Crippen molar-refractivity contribution in [2.45, 2.75) is 11.4 Å². The minimum absolute atomic E-state index is 0.000602. The zero-order valence-electron chi connectivity index (χ0n) is 12.8. The quantitative estimate of drug-likeness (QED) is 0.678. The lowest BCUT2D eigenvalue weighted by atomic mass is 9.98. The Morgan fingerprint density at radius 3 is 2.75 bits per heavy atom. The average Bonchev–Trinajstić information content (AvgIpc) is 3.21. The minimum Gasteiger partial charge on any atom is -0.380 e. The summed E-state index contributed by atoms with van der Waals surface area (Å²) in [5, 5.41) is 4.00. The second-order valence-corrected chi connectivity index (χ2v) is 7.87. The number of sulfone groups is 1. The lowest BCUT2D eigenvalue weighted by molar-refractivity contribution is 0.595. The van der Waals surface area contributed by atoms with E-state index in [4.69, 9.17) is 5.73 Å². The first-order valence-electron chi connectivity index (χ1n) is 7.61. The zero-order valence-corrected chi connectivity index (χ0v) is 13.6. The van der Waals surface area contributed by atoms with E-state index in [1.165, 1.54) is 6.07 Å². The number of H-pyrrole nitrogens is 1. The van der Waals surface area contributed by atoms with Gasteiger partial charge in [0.2, 0.25) is 0 Å². The monoisotopic (exact) mass is 345 g/mol. The Hall–Kier alpha value is -2.38. The van der Waals surface area contributed by atoms with E-state index in [0.717, 1.165) is 22.5 Å². The van der Waals surface area contributed by atoms with Gasteiger partial charge in [-0.1, -0.05) is 0 Å². The van der Waals surface area contributed by atoms with Gasteiger partial charge < -0.3 is 16.0 Å². The molecule has 0 atom stereocenters. The van der Waals surface area contributed by atoms with Gasteiger partial charge in [-0.05, 0) is 35.9 Å². The van der Waals surface area contributed by atoms with E-state index in [1.54, 1.807) is 18.3 Å². The van der Waals surface area contributed by atoms with Crippen molar-refractivity contribution in [1.82, 2.24) is 4.98 Å². The fourth-order valence-electron chi connectivity index (χ4n) is 3.32. The predicted molar refractivity (Wildman–Crippen MR) is 92.1 cm³/mol. The lowest BCUT2D eigenvalue weighted by Gasteiger charge is -2.13. The molecule has 1 aliphatic rings. The molecule has 7 heteroatoms. The van der Waals surface area contributed by atoms with Crippen molar-refractivity contribution in [2.24, 2.45) is 5.73 Å². The number of halogens is 1. The number of benzene rings is 2. The maximum atomic E-state index is 14.5. The molecule has 0 amide bonds. The molecule has 0 saturated heterocycles. The molecule has 2 heterocycles. The van der Waals surface area contributed by atoms with Crippen molar-refractivity contribution in [3.8, 4) is 11.3 Å². The number of rotatable bonds is 4. The molecule has 0 spiro atoms. The molecule has 0 unspecified atom stereocenters. The number of anilines is 1. The summed E-state index contributed by atoms with van der Waals surface area (Å²) in [6, 6.07) is 8.22. The zero-order chi connectivity index (χ0) is 16.9. The van der Waals surface area contributed by atoms with Crippen molar-refractivity contribution in [1.29, 1.82) is 0 Å². The summed E-state index contributed by atoms with van der Waals surface area (Å²) in [6.07, 6.45) is 1.77. The molecule has 4 N–H and O–H groups in total. The molecule has 124 valence electrons. The van der Waals surface area contributed by atoms with Gasteiger partial charge >= 0.3 is 0 Å². The van der Waals surface area contributed by atoms with E-state index < -0.39 is 15.7 Å². The standard InChI is InChI=1S/C17H16FN3O2S/c18-12-3-4-14-16-11(9-21-14)10(13-2-1-6-20-13)8-15(17(12)16)24(22,23)7-5-19/h1-4,6,8,20-21H,5,7,9,19H2. The molecule has 0 saturated carbocycles. The largest absolute Gasteiger partial charge is 0.380 e.